The lowest BCUT2D eigenvalue weighted by atomic mass is 10.1. The Morgan fingerprint density at radius 2 is 2.29 bits per heavy atom. The third-order valence-electron chi connectivity index (χ3n) is 2.46. The largest absolute Gasteiger partial charge is 0.398 e. The van der Waals surface area contributed by atoms with Gasteiger partial charge in [-0.25, -0.2) is 0 Å². The third kappa shape index (κ3) is 4.02. The molecule has 0 aliphatic rings. The summed E-state index contributed by atoms with van der Waals surface area (Å²) in [6.07, 6.45) is 0.813. The second-order valence-corrected chi connectivity index (χ2v) is 4.68. The Kier molecular flexibility index (Phi) is 5.44. The van der Waals surface area contributed by atoms with E-state index in [0.717, 1.165) is 10.9 Å². The van der Waals surface area contributed by atoms with Gasteiger partial charge in [0.25, 0.3) is 5.91 Å². The normalized spacial score (nSPS) is 12.2. The molecule has 0 fully saturated rings. The summed E-state index contributed by atoms with van der Waals surface area (Å²) < 4.78 is 5.86. The predicted octanol–water partition coefficient (Wildman–Crippen LogP) is 2.19. The van der Waals surface area contributed by atoms with Gasteiger partial charge in [-0.2, -0.15) is 0 Å². The maximum atomic E-state index is 12.0. The van der Waals surface area contributed by atoms with E-state index in [0.29, 0.717) is 17.9 Å². The van der Waals surface area contributed by atoms with E-state index < -0.39 is 0 Å². The molecular weight excluding hydrogens is 284 g/mol. The lowest BCUT2D eigenvalue weighted by Crippen LogP contribution is -2.37. The number of nitrogens with two attached hydrogens (primary N) is 1. The van der Waals surface area contributed by atoms with E-state index >= 15 is 0 Å². The van der Waals surface area contributed by atoms with Crippen LogP contribution >= 0.6 is 15.9 Å². The molecule has 1 atom stereocenters. The van der Waals surface area contributed by atoms with Gasteiger partial charge in [-0.15, -0.1) is 0 Å². The van der Waals surface area contributed by atoms with E-state index in [4.69, 9.17) is 10.5 Å². The summed E-state index contributed by atoms with van der Waals surface area (Å²) in [6, 6.07) is 5.23. The standard InChI is InChI=1S/C12H17BrN2O2/c1-3-9(7-17-2)15-12(16)10-6-8(13)4-5-11(10)14/h4-6,9H,3,7,14H2,1-2H3,(H,15,16). The van der Waals surface area contributed by atoms with E-state index in [9.17, 15) is 4.79 Å². The zero-order valence-electron chi connectivity index (χ0n) is 10.00. The number of nitrogen functional groups attached to an aromatic ring is 1. The Bertz CT molecular complexity index is 396. The second kappa shape index (κ2) is 6.61. The van der Waals surface area contributed by atoms with Crippen LogP contribution in [0.5, 0.6) is 0 Å². The molecule has 1 aromatic rings. The lowest BCUT2D eigenvalue weighted by Gasteiger charge is -2.16. The molecule has 5 heteroatoms. The number of halogens is 1. The molecule has 4 nitrogen and oxygen atoms in total. The van der Waals surface area contributed by atoms with Crippen LogP contribution in [0.25, 0.3) is 0 Å². The molecule has 0 bridgehead atoms. The smallest absolute Gasteiger partial charge is 0.253 e. The third-order valence-corrected chi connectivity index (χ3v) is 2.95. The first kappa shape index (κ1) is 14.0. The van der Waals surface area contributed by atoms with Crippen LogP contribution in [0, 0.1) is 0 Å². The summed E-state index contributed by atoms with van der Waals surface area (Å²) in [4.78, 5) is 12.0. The number of ether oxygens (including phenoxy) is 1. The number of carbonyl (C=O) groups is 1. The Morgan fingerprint density at radius 3 is 2.88 bits per heavy atom. The van der Waals surface area contributed by atoms with Crippen LogP contribution in [0.3, 0.4) is 0 Å². The number of hydrogen-bond acceptors (Lipinski definition) is 3. The number of anilines is 1. The SMILES string of the molecule is CCC(COC)NC(=O)c1cc(Br)ccc1N. The molecule has 1 unspecified atom stereocenters. The minimum atomic E-state index is -0.173. The Hall–Kier alpha value is -1.07. The molecule has 94 valence electrons. The van der Waals surface area contributed by atoms with Gasteiger partial charge in [-0.1, -0.05) is 22.9 Å². The second-order valence-electron chi connectivity index (χ2n) is 3.77. The molecular formula is C12H17BrN2O2. The van der Waals surface area contributed by atoms with Crippen molar-refractivity contribution >= 4 is 27.5 Å². The topological polar surface area (TPSA) is 64.3 Å². The van der Waals surface area contributed by atoms with Crippen LogP contribution in [0.2, 0.25) is 0 Å². The van der Waals surface area contributed by atoms with Gasteiger partial charge in [0.05, 0.1) is 18.2 Å². The zero-order chi connectivity index (χ0) is 12.8. The van der Waals surface area contributed by atoms with Crippen molar-refractivity contribution in [2.24, 2.45) is 0 Å². The minimum absolute atomic E-state index is 0.00545. The van der Waals surface area contributed by atoms with Gasteiger partial charge in [0.1, 0.15) is 0 Å². The highest BCUT2D eigenvalue weighted by Crippen LogP contribution is 2.18. The van der Waals surface area contributed by atoms with Crippen molar-refractivity contribution in [2.75, 3.05) is 19.5 Å². The molecule has 0 spiro atoms. The summed E-state index contributed by atoms with van der Waals surface area (Å²) in [5.74, 6) is -0.173. The van der Waals surface area contributed by atoms with Crippen LogP contribution < -0.4 is 11.1 Å². The average molecular weight is 301 g/mol. The van der Waals surface area contributed by atoms with Crippen molar-refractivity contribution in [1.82, 2.24) is 5.32 Å². The fraction of sp³-hybridized carbons (Fsp3) is 0.417. The fourth-order valence-electron chi connectivity index (χ4n) is 1.45. The highest BCUT2D eigenvalue weighted by molar-refractivity contribution is 9.10. The first-order chi connectivity index (χ1) is 8.08. The van der Waals surface area contributed by atoms with Crippen molar-refractivity contribution in [1.29, 1.82) is 0 Å². The van der Waals surface area contributed by atoms with Gasteiger partial charge in [-0.3, -0.25) is 4.79 Å². The predicted molar refractivity (Wildman–Crippen MR) is 72.0 cm³/mol. The van der Waals surface area contributed by atoms with Gasteiger partial charge in [0.15, 0.2) is 0 Å². The summed E-state index contributed by atoms with van der Waals surface area (Å²) in [5, 5.41) is 2.89. The molecule has 0 saturated carbocycles. The van der Waals surface area contributed by atoms with Crippen molar-refractivity contribution in [3.63, 3.8) is 0 Å². The minimum Gasteiger partial charge on any atom is -0.398 e. The number of methoxy groups -OCH3 is 1. The van der Waals surface area contributed by atoms with Crippen molar-refractivity contribution in [3.05, 3.63) is 28.2 Å². The van der Waals surface area contributed by atoms with Crippen LogP contribution in [0.1, 0.15) is 23.7 Å². The monoisotopic (exact) mass is 300 g/mol. The fourth-order valence-corrected chi connectivity index (χ4v) is 1.81. The first-order valence-corrected chi connectivity index (χ1v) is 6.22. The van der Waals surface area contributed by atoms with Crippen molar-refractivity contribution in [3.8, 4) is 0 Å². The Morgan fingerprint density at radius 1 is 1.59 bits per heavy atom. The average Bonchev–Trinajstić information content (AvgIpc) is 2.31. The number of benzene rings is 1. The molecule has 17 heavy (non-hydrogen) atoms. The van der Waals surface area contributed by atoms with E-state index in [1.54, 1.807) is 25.3 Å². The number of amides is 1. The summed E-state index contributed by atoms with van der Waals surface area (Å²) in [7, 11) is 1.61. The van der Waals surface area contributed by atoms with Crippen LogP contribution in [-0.4, -0.2) is 25.7 Å². The molecule has 0 aliphatic carbocycles. The van der Waals surface area contributed by atoms with E-state index in [1.165, 1.54) is 0 Å². The van der Waals surface area contributed by atoms with Crippen LogP contribution in [0.15, 0.2) is 22.7 Å². The van der Waals surface area contributed by atoms with E-state index in [-0.39, 0.29) is 11.9 Å². The van der Waals surface area contributed by atoms with Gasteiger partial charge in [0.2, 0.25) is 0 Å². The van der Waals surface area contributed by atoms with Gasteiger partial charge >= 0.3 is 0 Å². The molecule has 0 aliphatic heterocycles. The molecule has 3 N–H and O–H groups in total. The van der Waals surface area contributed by atoms with Crippen molar-refractivity contribution in [2.45, 2.75) is 19.4 Å². The van der Waals surface area contributed by atoms with Gasteiger partial charge < -0.3 is 15.8 Å². The molecule has 0 saturated heterocycles. The van der Waals surface area contributed by atoms with E-state index in [1.807, 2.05) is 6.92 Å². The number of carbonyl (C=O) groups excluding carboxylic acids is 1. The van der Waals surface area contributed by atoms with Crippen LogP contribution in [-0.2, 0) is 4.74 Å². The van der Waals surface area contributed by atoms with Gasteiger partial charge in [0, 0.05) is 17.3 Å². The maximum Gasteiger partial charge on any atom is 0.253 e. The molecule has 1 amide bonds. The molecule has 1 rings (SSSR count). The maximum absolute atomic E-state index is 12.0. The summed E-state index contributed by atoms with van der Waals surface area (Å²) in [6.45, 7) is 2.49. The molecule has 0 radical (unpaired) electrons. The number of nitrogens with one attached hydrogen (secondary N) is 1. The highest BCUT2D eigenvalue weighted by Gasteiger charge is 2.14. The highest BCUT2D eigenvalue weighted by atomic mass is 79.9. The van der Waals surface area contributed by atoms with Gasteiger partial charge in [-0.05, 0) is 24.6 Å². The van der Waals surface area contributed by atoms with Crippen molar-refractivity contribution < 1.29 is 9.53 Å². The molecule has 0 aromatic heterocycles. The molecule has 0 heterocycles. The number of rotatable bonds is 5. The Balaban J connectivity index is 2.78. The molecule has 1 aromatic carbocycles. The lowest BCUT2D eigenvalue weighted by molar-refractivity contribution is 0.0895. The van der Waals surface area contributed by atoms with E-state index in [2.05, 4.69) is 21.2 Å². The zero-order valence-corrected chi connectivity index (χ0v) is 11.6. The quantitative estimate of drug-likeness (QED) is 0.819. The van der Waals surface area contributed by atoms with Crippen LogP contribution in [0.4, 0.5) is 5.69 Å². The first-order valence-electron chi connectivity index (χ1n) is 5.43. The number of hydrogen-bond donors (Lipinski definition) is 2. The Labute approximate surface area is 110 Å². The summed E-state index contributed by atoms with van der Waals surface area (Å²) in [5.41, 5.74) is 6.72. The summed E-state index contributed by atoms with van der Waals surface area (Å²) >= 11 is 3.32.